The third-order valence-electron chi connectivity index (χ3n) is 3.91. The van der Waals surface area contributed by atoms with Gasteiger partial charge in [0.25, 0.3) is 0 Å². The van der Waals surface area contributed by atoms with Crippen LogP contribution in [0.2, 0.25) is 0 Å². The van der Waals surface area contributed by atoms with E-state index in [4.69, 9.17) is 9.47 Å². The van der Waals surface area contributed by atoms with Gasteiger partial charge in [-0.25, -0.2) is 0 Å². The first kappa shape index (κ1) is 16.1. The highest BCUT2D eigenvalue weighted by molar-refractivity contribution is 5.39. The molecule has 2 rings (SSSR count). The van der Waals surface area contributed by atoms with Crippen LogP contribution in [0.3, 0.4) is 0 Å². The second-order valence-electron chi connectivity index (χ2n) is 6.28. The molecule has 1 fully saturated rings. The van der Waals surface area contributed by atoms with E-state index >= 15 is 0 Å². The van der Waals surface area contributed by atoms with Gasteiger partial charge in [-0.2, -0.15) is 0 Å². The number of aliphatic hydroxyl groups is 1. The molecule has 1 N–H and O–H groups in total. The van der Waals surface area contributed by atoms with E-state index in [0.29, 0.717) is 36.5 Å². The molecule has 0 radical (unpaired) electrons. The summed E-state index contributed by atoms with van der Waals surface area (Å²) < 4.78 is 10.9. The molecule has 0 bridgehead atoms. The molecule has 1 saturated heterocycles. The normalized spacial score (nSPS) is 24.6. The average molecular weight is 293 g/mol. The first-order valence-electron chi connectivity index (χ1n) is 7.74. The molecular weight excluding hydrogens is 266 g/mol. The zero-order valence-electron chi connectivity index (χ0n) is 13.3. The lowest BCUT2D eigenvalue weighted by atomic mass is 9.92. The van der Waals surface area contributed by atoms with Crippen molar-refractivity contribution >= 4 is 0 Å². The maximum atomic E-state index is 10.2. The van der Waals surface area contributed by atoms with Gasteiger partial charge in [-0.15, -0.1) is 0 Å². The van der Waals surface area contributed by atoms with E-state index in [9.17, 15) is 5.11 Å². The van der Waals surface area contributed by atoms with Crippen molar-refractivity contribution < 1.29 is 14.6 Å². The first-order chi connectivity index (χ1) is 10.1. The number of para-hydroxylation sites is 2. The standard InChI is InChI=1S/C17H27NO3/c1-13-8-14(2)10-18(9-13)11-15(19)12-21-17-7-5-4-6-16(17)20-3/h4-7,13-15,19H,8-12H2,1-3H3/t13-,14-,15-/m1/s1. The molecule has 0 spiro atoms. The van der Waals surface area contributed by atoms with Crippen molar-refractivity contribution in [3.05, 3.63) is 24.3 Å². The molecular formula is C17H27NO3. The molecule has 1 aliphatic heterocycles. The van der Waals surface area contributed by atoms with Crippen LogP contribution in [0.4, 0.5) is 0 Å². The molecule has 0 saturated carbocycles. The van der Waals surface area contributed by atoms with E-state index < -0.39 is 6.10 Å². The Hall–Kier alpha value is -1.26. The third kappa shape index (κ3) is 4.90. The predicted octanol–water partition coefficient (Wildman–Crippen LogP) is 2.41. The number of likely N-dealkylation sites (tertiary alicyclic amines) is 1. The number of methoxy groups -OCH3 is 1. The van der Waals surface area contributed by atoms with Crippen molar-refractivity contribution in [2.75, 3.05) is 33.4 Å². The zero-order valence-corrected chi connectivity index (χ0v) is 13.3. The van der Waals surface area contributed by atoms with E-state index in [1.54, 1.807) is 7.11 Å². The lowest BCUT2D eigenvalue weighted by Crippen LogP contribution is -2.44. The number of hydrogen-bond donors (Lipinski definition) is 1. The number of benzene rings is 1. The van der Waals surface area contributed by atoms with E-state index in [1.807, 2.05) is 24.3 Å². The van der Waals surface area contributed by atoms with Gasteiger partial charge in [0.05, 0.1) is 7.11 Å². The molecule has 1 heterocycles. The summed E-state index contributed by atoms with van der Waals surface area (Å²) in [5.74, 6) is 2.79. The van der Waals surface area contributed by atoms with Crippen LogP contribution in [0.1, 0.15) is 20.3 Å². The van der Waals surface area contributed by atoms with Crippen LogP contribution in [0.25, 0.3) is 0 Å². The van der Waals surface area contributed by atoms with Crippen LogP contribution in [0.5, 0.6) is 11.5 Å². The van der Waals surface area contributed by atoms with Crippen molar-refractivity contribution in [3.63, 3.8) is 0 Å². The molecule has 0 aromatic heterocycles. The molecule has 0 unspecified atom stereocenters. The largest absolute Gasteiger partial charge is 0.493 e. The fourth-order valence-electron chi connectivity index (χ4n) is 3.22. The second kappa shape index (κ2) is 7.66. The SMILES string of the molecule is COc1ccccc1OC[C@H](O)CN1C[C@H](C)C[C@@H](C)C1. The summed E-state index contributed by atoms with van der Waals surface area (Å²) in [6, 6.07) is 7.52. The third-order valence-corrected chi connectivity index (χ3v) is 3.91. The van der Waals surface area contributed by atoms with Crippen molar-refractivity contribution in [1.29, 1.82) is 0 Å². The maximum Gasteiger partial charge on any atom is 0.161 e. The summed E-state index contributed by atoms with van der Waals surface area (Å²) in [4.78, 5) is 2.34. The van der Waals surface area contributed by atoms with Gasteiger partial charge in [-0.05, 0) is 30.4 Å². The van der Waals surface area contributed by atoms with E-state index in [0.717, 1.165) is 13.1 Å². The van der Waals surface area contributed by atoms with Crippen molar-refractivity contribution in [3.8, 4) is 11.5 Å². The predicted molar refractivity (Wildman–Crippen MR) is 83.9 cm³/mol. The summed E-state index contributed by atoms with van der Waals surface area (Å²) >= 11 is 0. The Kier molecular flexibility index (Phi) is 5.88. The van der Waals surface area contributed by atoms with Crippen LogP contribution >= 0.6 is 0 Å². The van der Waals surface area contributed by atoms with Crippen LogP contribution in [-0.4, -0.2) is 49.5 Å². The number of β-amino-alcohol motifs (C(OH)–C–C–N with tert-alkyl or cyclic N) is 1. The van der Waals surface area contributed by atoms with Gasteiger partial charge in [0.1, 0.15) is 12.7 Å². The quantitative estimate of drug-likeness (QED) is 0.874. The van der Waals surface area contributed by atoms with Crippen LogP contribution in [0.15, 0.2) is 24.3 Å². The summed E-state index contributed by atoms with van der Waals surface area (Å²) in [5, 5.41) is 10.2. The Bertz CT molecular complexity index is 428. The summed E-state index contributed by atoms with van der Waals surface area (Å²) in [6.45, 7) is 7.65. The Morgan fingerprint density at radius 2 is 1.81 bits per heavy atom. The molecule has 4 heteroatoms. The monoisotopic (exact) mass is 293 g/mol. The van der Waals surface area contributed by atoms with Crippen LogP contribution in [0, 0.1) is 11.8 Å². The summed E-state index contributed by atoms with van der Waals surface area (Å²) in [5.41, 5.74) is 0. The Labute approximate surface area is 127 Å². The molecule has 3 atom stereocenters. The maximum absolute atomic E-state index is 10.2. The number of piperidine rings is 1. The molecule has 118 valence electrons. The minimum absolute atomic E-state index is 0.291. The first-order valence-corrected chi connectivity index (χ1v) is 7.74. The van der Waals surface area contributed by atoms with E-state index in [2.05, 4.69) is 18.7 Å². The number of ether oxygens (including phenoxy) is 2. The smallest absolute Gasteiger partial charge is 0.161 e. The fraction of sp³-hybridized carbons (Fsp3) is 0.647. The number of nitrogens with zero attached hydrogens (tertiary/aromatic N) is 1. The highest BCUT2D eigenvalue weighted by Crippen LogP contribution is 2.26. The zero-order chi connectivity index (χ0) is 15.2. The van der Waals surface area contributed by atoms with Gasteiger partial charge < -0.3 is 19.5 Å². The minimum Gasteiger partial charge on any atom is -0.493 e. The van der Waals surface area contributed by atoms with Gasteiger partial charge in [-0.1, -0.05) is 26.0 Å². The Balaban J connectivity index is 1.80. The lowest BCUT2D eigenvalue weighted by Gasteiger charge is -2.35. The molecule has 4 nitrogen and oxygen atoms in total. The second-order valence-corrected chi connectivity index (χ2v) is 6.28. The lowest BCUT2D eigenvalue weighted by molar-refractivity contribution is 0.0423. The number of hydrogen-bond acceptors (Lipinski definition) is 4. The van der Waals surface area contributed by atoms with Crippen molar-refractivity contribution in [2.24, 2.45) is 11.8 Å². The molecule has 1 aromatic carbocycles. The highest BCUT2D eigenvalue weighted by Gasteiger charge is 2.23. The van der Waals surface area contributed by atoms with Crippen LogP contribution < -0.4 is 9.47 Å². The Morgan fingerprint density at radius 1 is 1.19 bits per heavy atom. The van der Waals surface area contributed by atoms with Crippen molar-refractivity contribution in [2.45, 2.75) is 26.4 Å². The molecule has 21 heavy (non-hydrogen) atoms. The summed E-state index contributed by atoms with van der Waals surface area (Å²) in [6.07, 6.45) is 0.803. The van der Waals surface area contributed by atoms with Gasteiger partial charge in [-0.3, -0.25) is 0 Å². The number of aliphatic hydroxyl groups excluding tert-OH is 1. The molecule has 1 aliphatic rings. The molecule has 1 aromatic rings. The van der Waals surface area contributed by atoms with Gasteiger partial charge >= 0.3 is 0 Å². The molecule has 0 amide bonds. The fourth-order valence-corrected chi connectivity index (χ4v) is 3.22. The summed E-state index contributed by atoms with van der Waals surface area (Å²) in [7, 11) is 1.62. The Morgan fingerprint density at radius 3 is 2.43 bits per heavy atom. The van der Waals surface area contributed by atoms with Gasteiger partial charge in [0.15, 0.2) is 11.5 Å². The number of rotatable bonds is 6. The average Bonchev–Trinajstić information content (AvgIpc) is 2.44. The van der Waals surface area contributed by atoms with Gasteiger partial charge in [0, 0.05) is 19.6 Å². The van der Waals surface area contributed by atoms with E-state index in [-0.39, 0.29) is 0 Å². The van der Waals surface area contributed by atoms with Crippen LogP contribution in [-0.2, 0) is 0 Å². The van der Waals surface area contributed by atoms with E-state index in [1.165, 1.54) is 6.42 Å². The van der Waals surface area contributed by atoms with Gasteiger partial charge in [0.2, 0.25) is 0 Å². The van der Waals surface area contributed by atoms with Crippen molar-refractivity contribution in [1.82, 2.24) is 4.90 Å². The highest BCUT2D eigenvalue weighted by atomic mass is 16.5. The minimum atomic E-state index is -0.479. The topological polar surface area (TPSA) is 41.9 Å². The molecule has 0 aliphatic carbocycles.